The number of halogens is 1. The highest BCUT2D eigenvalue weighted by Crippen LogP contribution is 2.36. The van der Waals surface area contributed by atoms with Crippen molar-refractivity contribution in [3.8, 4) is 0 Å². The smallest absolute Gasteiger partial charge is 1.00 e. The summed E-state index contributed by atoms with van der Waals surface area (Å²) in [6.07, 6.45) is -0.933. The summed E-state index contributed by atoms with van der Waals surface area (Å²) in [6.45, 7) is -0.367. The van der Waals surface area contributed by atoms with Crippen molar-refractivity contribution in [3.63, 3.8) is 0 Å². The fraction of sp³-hybridized carbons (Fsp3) is 0.455. The summed E-state index contributed by atoms with van der Waals surface area (Å²) in [5.74, 6) is 0.294. The molecule has 1 aliphatic rings. The van der Waals surface area contributed by atoms with Gasteiger partial charge in [-0.15, -0.1) is 0 Å². The first-order valence-corrected chi connectivity index (χ1v) is 5.83. The molecule has 3 rings (SSSR count). The second-order valence-electron chi connectivity index (χ2n) is 4.49. The van der Waals surface area contributed by atoms with E-state index in [2.05, 4.69) is 15.0 Å². The molecule has 8 nitrogen and oxygen atoms in total. The Bertz CT molecular complexity index is 613. The molecule has 0 radical (unpaired) electrons. The number of nitrogens with two attached hydrogens (primary N) is 1. The van der Waals surface area contributed by atoms with E-state index in [4.69, 9.17) is 15.6 Å². The van der Waals surface area contributed by atoms with Gasteiger partial charge in [0.05, 0.1) is 12.1 Å². The second kappa shape index (κ2) is 5.51. The van der Waals surface area contributed by atoms with Crippen molar-refractivity contribution in [1.82, 2.24) is 15.0 Å². The van der Waals surface area contributed by atoms with Gasteiger partial charge >= 0.3 is 1.43 Å². The maximum absolute atomic E-state index is 9.98. The van der Waals surface area contributed by atoms with Gasteiger partial charge in [0.15, 0.2) is 5.82 Å². The van der Waals surface area contributed by atoms with E-state index >= 15 is 0 Å². The molecule has 0 saturated carbocycles. The summed E-state index contributed by atoms with van der Waals surface area (Å²) >= 11 is 0. The second-order valence-corrected chi connectivity index (χ2v) is 4.49. The van der Waals surface area contributed by atoms with Crippen LogP contribution in [-0.4, -0.2) is 55.2 Å². The highest BCUT2D eigenvalue weighted by Gasteiger charge is 2.44. The minimum absolute atomic E-state index is 0. The van der Waals surface area contributed by atoms with Gasteiger partial charge in [-0.3, -0.25) is 0 Å². The number of aromatic nitrogens is 3. The lowest BCUT2D eigenvalue weighted by molar-refractivity contribution is -0.0224. The Labute approximate surface area is 121 Å². The predicted molar refractivity (Wildman–Crippen MR) is 66.1 cm³/mol. The molecule has 0 spiro atoms. The monoisotopic (exact) mass is 302 g/mol. The average Bonchev–Trinajstić information content (AvgIpc) is 2.94. The third-order valence-electron chi connectivity index (χ3n) is 3.37. The van der Waals surface area contributed by atoms with Crippen LogP contribution in [0.5, 0.6) is 0 Å². The van der Waals surface area contributed by atoms with Crippen molar-refractivity contribution in [1.29, 1.82) is 0 Å². The number of ether oxygens (including phenoxy) is 1. The molecule has 1 saturated heterocycles. The number of hydrogen-bond acceptors (Lipinski definition) is 7. The molecule has 110 valence electrons. The van der Waals surface area contributed by atoms with Crippen LogP contribution in [0.3, 0.4) is 0 Å². The zero-order valence-electron chi connectivity index (χ0n) is 11.3. The van der Waals surface area contributed by atoms with E-state index in [1.165, 1.54) is 6.33 Å². The van der Waals surface area contributed by atoms with Crippen LogP contribution in [0.2, 0.25) is 0 Å². The summed E-state index contributed by atoms with van der Waals surface area (Å²) in [5, 5.41) is 28.8. The van der Waals surface area contributed by atoms with E-state index in [0.717, 1.165) is 0 Å². The summed E-state index contributed by atoms with van der Waals surface area (Å²) in [5.41, 5.74) is 7.37. The fourth-order valence-corrected chi connectivity index (χ4v) is 2.35. The number of hydrogen-bond donors (Lipinski definition) is 5. The topological polar surface area (TPSA) is 138 Å². The van der Waals surface area contributed by atoms with Crippen LogP contribution in [0, 0.1) is 0 Å². The summed E-state index contributed by atoms with van der Waals surface area (Å²) in [4.78, 5) is 10.9. The maximum Gasteiger partial charge on any atom is 1.00 e. The van der Waals surface area contributed by atoms with Gasteiger partial charge < -0.3 is 43.2 Å². The zero-order valence-corrected chi connectivity index (χ0v) is 11.0. The fourth-order valence-electron chi connectivity index (χ4n) is 2.35. The van der Waals surface area contributed by atoms with Gasteiger partial charge in [0.1, 0.15) is 36.3 Å². The highest BCUT2D eigenvalue weighted by atomic mass is 35.5. The first-order valence-electron chi connectivity index (χ1n) is 5.83. The molecule has 9 heteroatoms. The van der Waals surface area contributed by atoms with E-state index in [9.17, 15) is 10.2 Å². The number of rotatable bonds is 2. The Kier molecular flexibility index (Phi) is 4.11. The Morgan fingerprint density at radius 1 is 1.35 bits per heavy atom. The molecule has 20 heavy (non-hydrogen) atoms. The lowest BCUT2D eigenvalue weighted by atomic mass is 10.0. The molecule has 1 aliphatic heterocycles. The lowest BCUT2D eigenvalue weighted by Gasteiger charge is -2.13. The standard InChI is InChI=1S/C11H14N4O4.ClH/c12-11-7-6(14-3-15-11)4(1-13-7)10-9(18)8(17)5(2-16)19-10;/h1,3,5,8-10,13,16-18H,2H2,(H2,12,14,15);1H. The number of aliphatic hydroxyl groups is 3. The van der Waals surface area contributed by atoms with E-state index in [-0.39, 0.29) is 20.4 Å². The number of aliphatic hydroxyl groups excluding tert-OH is 3. The molecule has 2 aromatic heterocycles. The van der Waals surface area contributed by atoms with Crippen LogP contribution >= 0.6 is 0 Å². The van der Waals surface area contributed by atoms with E-state index in [1.807, 2.05) is 0 Å². The lowest BCUT2D eigenvalue weighted by Crippen LogP contribution is -3.00. The molecule has 6 N–H and O–H groups in total. The van der Waals surface area contributed by atoms with Crippen molar-refractivity contribution in [2.75, 3.05) is 12.3 Å². The Balaban J connectivity index is 0.00000110. The minimum Gasteiger partial charge on any atom is -1.00 e. The molecule has 1 fully saturated rings. The largest absolute Gasteiger partial charge is 1.00 e. The van der Waals surface area contributed by atoms with Crippen LogP contribution in [0.25, 0.3) is 11.0 Å². The summed E-state index contributed by atoms with van der Waals surface area (Å²) in [7, 11) is 0. The number of nitrogen functional groups attached to an aromatic ring is 1. The van der Waals surface area contributed by atoms with Gasteiger partial charge in [0.2, 0.25) is 0 Å². The molecule has 0 bridgehead atoms. The van der Waals surface area contributed by atoms with E-state index in [0.29, 0.717) is 22.4 Å². The van der Waals surface area contributed by atoms with Gasteiger partial charge in [-0.1, -0.05) is 0 Å². The third kappa shape index (κ3) is 2.11. The van der Waals surface area contributed by atoms with Crippen LogP contribution in [0.4, 0.5) is 5.82 Å². The van der Waals surface area contributed by atoms with Crippen LogP contribution < -0.4 is 18.1 Å². The minimum atomic E-state index is -1.14. The van der Waals surface area contributed by atoms with E-state index < -0.39 is 24.4 Å². The Hall–Kier alpha value is -1.45. The van der Waals surface area contributed by atoms with Gasteiger partial charge in [-0.05, 0) is 0 Å². The van der Waals surface area contributed by atoms with Crippen molar-refractivity contribution >= 4 is 16.9 Å². The highest BCUT2D eigenvalue weighted by molar-refractivity contribution is 5.87. The van der Waals surface area contributed by atoms with Crippen molar-refractivity contribution in [2.24, 2.45) is 0 Å². The third-order valence-corrected chi connectivity index (χ3v) is 3.37. The van der Waals surface area contributed by atoms with Crippen LogP contribution in [0.1, 0.15) is 13.1 Å². The quantitative estimate of drug-likeness (QED) is 0.379. The number of H-pyrrole nitrogens is 1. The van der Waals surface area contributed by atoms with E-state index in [1.54, 1.807) is 6.20 Å². The molecule has 0 aliphatic carbocycles. The van der Waals surface area contributed by atoms with Gasteiger partial charge in [0, 0.05) is 11.8 Å². The summed E-state index contributed by atoms with van der Waals surface area (Å²) in [6, 6.07) is 0. The number of anilines is 1. The number of aromatic amines is 1. The van der Waals surface area contributed by atoms with Gasteiger partial charge in [-0.2, -0.15) is 0 Å². The number of nitrogens with one attached hydrogen (secondary N) is 1. The Morgan fingerprint density at radius 3 is 2.75 bits per heavy atom. The van der Waals surface area contributed by atoms with Crippen molar-refractivity contribution in [2.45, 2.75) is 24.4 Å². The van der Waals surface area contributed by atoms with Crippen molar-refractivity contribution < 1.29 is 33.9 Å². The molecule has 3 heterocycles. The zero-order chi connectivity index (χ0) is 13.6. The van der Waals surface area contributed by atoms with Gasteiger partial charge in [-0.25, -0.2) is 9.97 Å². The maximum atomic E-state index is 9.98. The average molecular weight is 303 g/mol. The molecule has 4 atom stereocenters. The molecule has 2 aromatic rings. The molecular weight excluding hydrogens is 288 g/mol. The number of fused-ring (bicyclic) bond motifs is 1. The van der Waals surface area contributed by atoms with Gasteiger partial charge in [0.25, 0.3) is 0 Å². The van der Waals surface area contributed by atoms with Crippen LogP contribution in [0.15, 0.2) is 12.5 Å². The predicted octanol–water partition coefficient (Wildman–Crippen LogP) is -4.19. The molecule has 4 unspecified atom stereocenters. The molecular formula is C11H15ClN4O4. The normalized spacial score (nSPS) is 29.6. The van der Waals surface area contributed by atoms with Crippen LogP contribution in [-0.2, 0) is 4.74 Å². The Morgan fingerprint density at radius 2 is 2.10 bits per heavy atom. The first kappa shape index (κ1) is 14.9. The van der Waals surface area contributed by atoms with Crippen molar-refractivity contribution in [3.05, 3.63) is 18.1 Å². The SMILES string of the molecule is Nc1ncnc2c(C3OC(CO)C(O)C3O)c[nH]c12.[Cl-].[H+]. The summed E-state index contributed by atoms with van der Waals surface area (Å²) < 4.78 is 5.46. The first-order chi connectivity index (χ1) is 9.13. The molecule has 0 aromatic carbocycles. The number of nitrogens with zero attached hydrogens (tertiary/aromatic N) is 2. The molecule has 0 amide bonds.